The minimum atomic E-state index is -4.98. The number of hydrogen-bond acceptors (Lipinski definition) is 6. The molecular weight excluding hydrogens is 486 g/mol. The van der Waals surface area contributed by atoms with E-state index >= 15 is 0 Å². The van der Waals surface area contributed by atoms with Gasteiger partial charge in [0.15, 0.2) is 0 Å². The van der Waals surface area contributed by atoms with Crippen LogP contribution in [-0.4, -0.2) is 21.4 Å². The van der Waals surface area contributed by atoms with E-state index in [0.717, 1.165) is 11.5 Å². The van der Waals surface area contributed by atoms with Gasteiger partial charge in [-0.1, -0.05) is 0 Å². The van der Waals surface area contributed by atoms with Crippen LogP contribution in [0.3, 0.4) is 0 Å². The molecule has 0 saturated carbocycles. The third-order valence-corrected chi connectivity index (χ3v) is 5.02. The molecule has 182 valence electrons. The molecule has 4 N–H and O–H groups in total. The Morgan fingerprint density at radius 1 is 0.971 bits per heavy atom. The van der Waals surface area contributed by atoms with Gasteiger partial charge in [0.25, 0.3) is 0 Å². The van der Waals surface area contributed by atoms with Crippen molar-refractivity contribution in [2.45, 2.75) is 32.2 Å². The molecule has 1 aromatic heterocycles. The van der Waals surface area contributed by atoms with Crippen molar-refractivity contribution in [2.24, 2.45) is 0 Å². The van der Waals surface area contributed by atoms with E-state index in [1.54, 1.807) is 0 Å². The van der Waals surface area contributed by atoms with Crippen LogP contribution in [0, 0.1) is 5.41 Å². The van der Waals surface area contributed by atoms with Gasteiger partial charge in [0.05, 0.1) is 11.1 Å². The molecule has 6 nitrogen and oxygen atoms in total. The van der Waals surface area contributed by atoms with Gasteiger partial charge in [-0.3, -0.25) is 5.41 Å². The number of halogens is 6. The predicted molar refractivity (Wildman–Crippen MR) is 115 cm³/mol. The number of hydrogen-bond donors (Lipinski definition) is 4. The van der Waals surface area contributed by atoms with Crippen molar-refractivity contribution in [1.29, 1.82) is 5.41 Å². The molecule has 1 heterocycles. The molecule has 13 heteroatoms. The first-order valence-corrected chi connectivity index (χ1v) is 10.4. The van der Waals surface area contributed by atoms with Crippen LogP contribution in [0.25, 0.3) is 0 Å². The minimum absolute atomic E-state index is 0.000378. The maximum absolute atomic E-state index is 13.0. The van der Waals surface area contributed by atoms with Gasteiger partial charge in [0.1, 0.15) is 27.9 Å². The van der Waals surface area contributed by atoms with Crippen LogP contribution in [-0.2, 0) is 12.4 Å². The number of anilines is 2. The number of ether oxygens (including phenoxy) is 1. The molecule has 34 heavy (non-hydrogen) atoms. The molecule has 0 spiro atoms. The summed E-state index contributed by atoms with van der Waals surface area (Å²) in [6.07, 6.45) is -9.97. The van der Waals surface area contributed by atoms with Crippen molar-refractivity contribution in [3.05, 3.63) is 59.2 Å². The lowest BCUT2D eigenvalue weighted by atomic mass is 10.1. The number of benzene rings is 2. The molecule has 0 unspecified atom stereocenters. The lowest BCUT2D eigenvalue weighted by Crippen LogP contribution is -2.30. The van der Waals surface area contributed by atoms with Crippen LogP contribution in [0.4, 0.5) is 37.0 Å². The molecule has 0 radical (unpaired) electrons. The van der Waals surface area contributed by atoms with Gasteiger partial charge in [-0.05, 0) is 67.8 Å². The van der Waals surface area contributed by atoms with Crippen LogP contribution in [0.5, 0.6) is 17.4 Å². The standard InChI is InChI=1S/C21H18F6N4O2S/c1-10(2)29-17(28)16-18(32)31-34-19(16)30-13-3-5-14(6-4-13)33-15-8-11(20(22,23)24)7-12(9-15)21(25,26)27/h3-10,30H,1-2H3,(H2,28,29)(H,31,32). The fourth-order valence-electron chi connectivity index (χ4n) is 2.81. The van der Waals surface area contributed by atoms with Gasteiger partial charge in [-0.15, -0.1) is 0 Å². The summed E-state index contributed by atoms with van der Waals surface area (Å²) in [5, 5.41) is 24.2. The number of nitrogens with zero attached hydrogens (tertiary/aromatic N) is 1. The average Bonchev–Trinajstić information content (AvgIpc) is 3.07. The number of aromatic hydroxyl groups is 1. The molecule has 0 aliphatic carbocycles. The van der Waals surface area contributed by atoms with Crippen molar-refractivity contribution in [3.8, 4) is 17.4 Å². The van der Waals surface area contributed by atoms with Crippen LogP contribution in [0.15, 0.2) is 42.5 Å². The zero-order valence-electron chi connectivity index (χ0n) is 17.6. The first kappa shape index (κ1) is 25.1. The van der Waals surface area contributed by atoms with E-state index in [4.69, 9.17) is 10.1 Å². The quantitative estimate of drug-likeness (QED) is 0.170. The summed E-state index contributed by atoms with van der Waals surface area (Å²) in [5.41, 5.74) is -2.35. The monoisotopic (exact) mass is 504 g/mol. The molecule has 0 aliphatic rings. The molecule has 0 atom stereocenters. The highest BCUT2D eigenvalue weighted by molar-refractivity contribution is 7.11. The summed E-state index contributed by atoms with van der Waals surface area (Å²) in [4.78, 5) is 0. The highest BCUT2D eigenvalue weighted by Gasteiger charge is 2.37. The fourth-order valence-corrected chi connectivity index (χ4v) is 3.53. The van der Waals surface area contributed by atoms with Gasteiger partial charge in [-0.25, -0.2) is 0 Å². The maximum atomic E-state index is 13.0. The Kier molecular flexibility index (Phi) is 6.96. The van der Waals surface area contributed by atoms with E-state index in [-0.39, 0.29) is 35.1 Å². The highest BCUT2D eigenvalue weighted by Crippen LogP contribution is 2.39. The number of nitrogens with one attached hydrogen (secondary N) is 3. The molecule has 3 rings (SSSR count). The van der Waals surface area contributed by atoms with Crippen LogP contribution in [0.1, 0.15) is 30.5 Å². The van der Waals surface area contributed by atoms with E-state index in [9.17, 15) is 31.4 Å². The Bertz CT molecular complexity index is 1140. The SMILES string of the molecule is CC(C)NC(=N)c1c(O)nsc1Nc1ccc(Oc2cc(C(F)(F)F)cc(C(F)(F)F)c2)cc1. The van der Waals surface area contributed by atoms with Crippen molar-refractivity contribution in [3.63, 3.8) is 0 Å². The fraction of sp³-hybridized carbons (Fsp3) is 0.238. The van der Waals surface area contributed by atoms with E-state index in [0.29, 0.717) is 22.8 Å². The first-order valence-electron chi connectivity index (χ1n) is 9.62. The van der Waals surface area contributed by atoms with Gasteiger partial charge in [-0.2, -0.15) is 30.7 Å². The first-order chi connectivity index (χ1) is 15.7. The molecule has 0 bridgehead atoms. The minimum Gasteiger partial charge on any atom is -0.492 e. The molecule has 0 aliphatic heterocycles. The van der Waals surface area contributed by atoms with Gasteiger partial charge < -0.3 is 20.5 Å². The molecule has 0 fully saturated rings. The third-order valence-electron chi connectivity index (χ3n) is 4.27. The Morgan fingerprint density at radius 2 is 1.53 bits per heavy atom. The number of amidine groups is 1. The second-order valence-corrected chi connectivity index (χ2v) is 8.15. The van der Waals surface area contributed by atoms with Gasteiger partial charge in [0.2, 0.25) is 5.88 Å². The summed E-state index contributed by atoms with van der Waals surface area (Å²) in [7, 11) is 0. The van der Waals surface area contributed by atoms with Crippen LogP contribution >= 0.6 is 11.5 Å². The second-order valence-electron chi connectivity index (χ2n) is 7.38. The maximum Gasteiger partial charge on any atom is 0.416 e. The Labute approximate surface area is 193 Å². The van der Waals surface area contributed by atoms with Crippen molar-refractivity contribution >= 4 is 28.1 Å². The molecule has 3 aromatic rings. The predicted octanol–water partition coefficient (Wildman–Crippen LogP) is 6.75. The smallest absolute Gasteiger partial charge is 0.416 e. The van der Waals surface area contributed by atoms with Crippen LogP contribution in [0.2, 0.25) is 0 Å². The van der Waals surface area contributed by atoms with Crippen molar-refractivity contribution in [1.82, 2.24) is 9.69 Å². The van der Waals surface area contributed by atoms with E-state index in [1.807, 2.05) is 13.8 Å². The average molecular weight is 504 g/mol. The van der Waals surface area contributed by atoms with Crippen LogP contribution < -0.4 is 15.4 Å². The zero-order chi connectivity index (χ0) is 25.3. The normalized spacial score (nSPS) is 12.0. The van der Waals surface area contributed by atoms with E-state index < -0.39 is 29.2 Å². The topological polar surface area (TPSA) is 90.3 Å². The number of rotatable bonds is 6. The van der Waals surface area contributed by atoms with E-state index in [1.165, 1.54) is 24.3 Å². The highest BCUT2D eigenvalue weighted by atomic mass is 32.1. The largest absolute Gasteiger partial charge is 0.492 e. The Balaban J connectivity index is 1.81. The summed E-state index contributed by atoms with van der Waals surface area (Å²) in [6.45, 7) is 3.64. The second kappa shape index (κ2) is 9.41. The molecule has 0 saturated heterocycles. The third kappa shape index (κ3) is 6.10. The van der Waals surface area contributed by atoms with Crippen molar-refractivity contribution < 1.29 is 36.2 Å². The lowest BCUT2D eigenvalue weighted by Gasteiger charge is -2.15. The van der Waals surface area contributed by atoms with Gasteiger partial charge >= 0.3 is 12.4 Å². The Morgan fingerprint density at radius 3 is 2.03 bits per heavy atom. The van der Waals surface area contributed by atoms with E-state index in [2.05, 4.69) is 15.0 Å². The summed E-state index contributed by atoms with van der Waals surface area (Å²) in [5.74, 6) is -1.00. The summed E-state index contributed by atoms with van der Waals surface area (Å²) >= 11 is 0.905. The Hall–Kier alpha value is -3.48. The lowest BCUT2D eigenvalue weighted by molar-refractivity contribution is -0.143. The van der Waals surface area contributed by atoms with Gasteiger partial charge in [0, 0.05) is 11.7 Å². The summed E-state index contributed by atoms with van der Waals surface area (Å²) in [6, 6.07) is 6.55. The molecular formula is C21H18F6N4O2S. The summed E-state index contributed by atoms with van der Waals surface area (Å²) < 4.78 is 87.2. The number of alkyl halides is 6. The van der Waals surface area contributed by atoms with Crippen molar-refractivity contribution in [2.75, 3.05) is 5.32 Å². The number of aromatic nitrogens is 1. The molecule has 0 amide bonds. The zero-order valence-corrected chi connectivity index (χ0v) is 18.4. The molecule has 2 aromatic carbocycles.